The fourth-order valence-electron chi connectivity index (χ4n) is 2.70. The number of hydrogen-bond acceptors (Lipinski definition) is 4. The van der Waals surface area contributed by atoms with Gasteiger partial charge in [-0.1, -0.05) is 22.0 Å². The van der Waals surface area contributed by atoms with E-state index in [0.29, 0.717) is 5.88 Å². The van der Waals surface area contributed by atoms with Crippen LogP contribution in [0.3, 0.4) is 0 Å². The number of rotatable bonds is 4. The Balaban J connectivity index is 1.77. The molecule has 0 aliphatic carbocycles. The van der Waals surface area contributed by atoms with Crippen molar-refractivity contribution < 1.29 is 9.53 Å². The molecule has 3 aromatic rings. The van der Waals surface area contributed by atoms with Crippen LogP contribution in [0.4, 0.5) is 5.69 Å². The molecule has 1 amide bonds. The van der Waals surface area contributed by atoms with Gasteiger partial charge in [-0.15, -0.1) is 5.10 Å². The summed E-state index contributed by atoms with van der Waals surface area (Å²) in [5.41, 5.74) is 4.42. The van der Waals surface area contributed by atoms with E-state index in [9.17, 15) is 4.79 Å². The maximum absolute atomic E-state index is 12.2. The van der Waals surface area contributed by atoms with Crippen LogP contribution in [-0.4, -0.2) is 27.3 Å². The number of nitrogens with one attached hydrogen (secondary N) is 1. The summed E-state index contributed by atoms with van der Waals surface area (Å²) in [5, 5.41) is 8.04. The molecule has 0 atom stereocenters. The summed E-state index contributed by atoms with van der Waals surface area (Å²) in [7, 11) is 1.81. The van der Waals surface area contributed by atoms with Gasteiger partial charge in [0.15, 0.2) is 12.3 Å². The van der Waals surface area contributed by atoms with E-state index in [0.717, 1.165) is 38.0 Å². The summed E-state index contributed by atoms with van der Waals surface area (Å²) in [4.78, 5) is 16.7. The zero-order valence-corrected chi connectivity index (χ0v) is 16.1. The molecule has 1 N–H and O–H groups in total. The number of amides is 1. The topological polar surface area (TPSA) is 69.0 Å². The lowest BCUT2D eigenvalue weighted by atomic mass is 10.2. The number of pyridine rings is 1. The van der Waals surface area contributed by atoms with Crippen LogP contribution in [0.25, 0.3) is 11.0 Å². The molecule has 0 saturated carbocycles. The van der Waals surface area contributed by atoms with Gasteiger partial charge in [-0.3, -0.25) is 4.79 Å². The van der Waals surface area contributed by atoms with E-state index in [2.05, 4.69) is 31.3 Å². The molecule has 7 heteroatoms. The van der Waals surface area contributed by atoms with Gasteiger partial charge in [0.25, 0.3) is 5.91 Å². The Morgan fingerprint density at radius 2 is 2.00 bits per heavy atom. The number of aromatic nitrogens is 3. The molecule has 6 nitrogen and oxygen atoms in total. The Bertz CT molecular complexity index is 965. The minimum Gasteiger partial charge on any atom is -0.466 e. The average Bonchev–Trinajstić information content (AvgIpc) is 2.85. The zero-order chi connectivity index (χ0) is 18.1. The van der Waals surface area contributed by atoms with Crippen molar-refractivity contribution in [3.8, 4) is 5.88 Å². The molecule has 0 spiro atoms. The fraction of sp³-hybridized carbons (Fsp3) is 0.278. The van der Waals surface area contributed by atoms with E-state index in [-0.39, 0.29) is 12.5 Å². The quantitative estimate of drug-likeness (QED) is 0.722. The predicted molar refractivity (Wildman–Crippen MR) is 101 cm³/mol. The molecule has 0 bridgehead atoms. The molecule has 0 fully saturated rings. The molecule has 0 unspecified atom stereocenters. The van der Waals surface area contributed by atoms with Crippen molar-refractivity contribution in [2.24, 2.45) is 7.05 Å². The summed E-state index contributed by atoms with van der Waals surface area (Å²) >= 11 is 3.40. The van der Waals surface area contributed by atoms with Gasteiger partial charge in [0.1, 0.15) is 0 Å². The van der Waals surface area contributed by atoms with Crippen molar-refractivity contribution in [2.45, 2.75) is 20.8 Å². The molecule has 130 valence electrons. The molecule has 0 radical (unpaired) electrons. The first-order chi connectivity index (χ1) is 11.8. The number of carbonyl (C=O) groups excluding carboxylic acids is 1. The first-order valence-corrected chi connectivity index (χ1v) is 8.64. The molecule has 1 aromatic carbocycles. The van der Waals surface area contributed by atoms with Crippen LogP contribution in [0.15, 0.2) is 28.7 Å². The van der Waals surface area contributed by atoms with E-state index < -0.39 is 0 Å². The third-order valence-corrected chi connectivity index (χ3v) is 4.39. The lowest BCUT2D eigenvalue weighted by molar-refractivity contribution is -0.118. The molecule has 3 rings (SSSR count). The van der Waals surface area contributed by atoms with Gasteiger partial charge >= 0.3 is 0 Å². The van der Waals surface area contributed by atoms with Crippen molar-refractivity contribution in [1.82, 2.24) is 14.8 Å². The molecule has 2 heterocycles. The van der Waals surface area contributed by atoms with Crippen LogP contribution >= 0.6 is 15.9 Å². The summed E-state index contributed by atoms with van der Waals surface area (Å²) in [6, 6.07) is 7.70. The minimum absolute atomic E-state index is 0.120. The molecule has 0 saturated heterocycles. The highest BCUT2D eigenvalue weighted by Gasteiger charge is 2.16. The molecule has 2 aromatic heterocycles. The summed E-state index contributed by atoms with van der Waals surface area (Å²) in [5.74, 6) is 0.182. The smallest absolute Gasteiger partial charge is 0.262 e. The number of halogens is 1. The Morgan fingerprint density at radius 1 is 1.24 bits per heavy atom. The maximum atomic E-state index is 12.2. The van der Waals surface area contributed by atoms with Gasteiger partial charge in [0, 0.05) is 22.9 Å². The van der Waals surface area contributed by atoms with Gasteiger partial charge in [-0.25, -0.2) is 9.67 Å². The second-order valence-corrected chi connectivity index (χ2v) is 6.92. The molecular formula is C18H19BrN4O2. The number of anilines is 1. The van der Waals surface area contributed by atoms with Crippen molar-refractivity contribution in [2.75, 3.05) is 11.9 Å². The Hall–Kier alpha value is -2.41. The highest BCUT2D eigenvalue weighted by molar-refractivity contribution is 9.10. The van der Waals surface area contributed by atoms with Gasteiger partial charge in [-0.05, 0) is 50.1 Å². The van der Waals surface area contributed by atoms with Crippen LogP contribution in [0.2, 0.25) is 0 Å². The highest BCUT2D eigenvalue weighted by atomic mass is 79.9. The van der Waals surface area contributed by atoms with E-state index in [4.69, 9.17) is 4.74 Å². The lowest BCUT2D eigenvalue weighted by Crippen LogP contribution is -2.21. The third-order valence-electron chi connectivity index (χ3n) is 3.90. The van der Waals surface area contributed by atoms with E-state index in [1.165, 1.54) is 0 Å². The molecule has 0 aliphatic rings. The van der Waals surface area contributed by atoms with Crippen LogP contribution in [0.5, 0.6) is 5.88 Å². The van der Waals surface area contributed by atoms with Gasteiger partial charge in [0.2, 0.25) is 5.88 Å². The maximum Gasteiger partial charge on any atom is 0.262 e. The van der Waals surface area contributed by atoms with Crippen LogP contribution in [-0.2, 0) is 11.8 Å². The van der Waals surface area contributed by atoms with Crippen molar-refractivity contribution in [3.05, 3.63) is 45.6 Å². The van der Waals surface area contributed by atoms with Crippen LogP contribution in [0.1, 0.15) is 16.8 Å². The number of nitrogens with zero attached hydrogens (tertiary/aromatic N) is 3. The number of aryl methyl sites for hydroxylation is 4. The Morgan fingerprint density at radius 3 is 2.76 bits per heavy atom. The monoisotopic (exact) mass is 402 g/mol. The van der Waals surface area contributed by atoms with Gasteiger partial charge in [-0.2, -0.15) is 0 Å². The van der Waals surface area contributed by atoms with E-state index in [1.54, 1.807) is 4.68 Å². The predicted octanol–water partition coefficient (Wildman–Crippen LogP) is 3.67. The molecule has 25 heavy (non-hydrogen) atoms. The Labute approximate surface area is 154 Å². The van der Waals surface area contributed by atoms with Crippen molar-refractivity contribution >= 4 is 38.6 Å². The number of fused-ring (bicyclic) bond motifs is 1. The number of hydrogen-bond donors (Lipinski definition) is 1. The molecular weight excluding hydrogens is 384 g/mol. The summed E-state index contributed by atoms with van der Waals surface area (Å²) < 4.78 is 8.24. The minimum atomic E-state index is -0.238. The average molecular weight is 403 g/mol. The van der Waals surface area contributed by atoms with Crippen LogP contribution in [0, 0.1) is 20.8 Å². The highest BCUT2D eigenvalue weighted by Crippen LogP contribution is 2.27. The first kappa shape index (κ1) is 17.4. The number of ether oxygens (including phenoxy) is 1. The second-order valence-electron chi connectivity index (χ2n) is 6.00. The third kappa shape index (κ3) is 3.66. The van der Waals surface area contributed by atoms with Crippen molar-refractivity contribution in [3.63, 3.8) is 0 Å². The summed E-state index contributed by atoms with van der Waals surface area (Å²) in [6.07, 6.45) is 0. The Kier molecular flexibility index (Phi) is 4.76. The van der Waals surface area contributed by atoms with Crippen LogP contribution < -0.4 is 10.1 Å². The zero-order valence-electron chi connectivity index (χ0n) is 14.6. The first-order valence-electron chi connectivity index (χ1n) is 7.85. The summed E-state index contributed by atoms with van der Waals surface area (Å²) in [6.45, 7) is 5.74. The standard InChI is InChI=1S/C18H19BrN4O2/c1-10-5-6-13(19)8-14(10)21-15(24)9-25-18-16-11(2)7-12(3)20-17(16)23(4)22-18/h5-8H,9H2,1-4H3,(H,21,24). The van der Waals surface area contributed by atoms with Gasteiger partial charge in [0.05, 0.1) is 5.39 Å². The fourth-order valence-corrected chi connectivity index (χ4v) is 3.06. The van der Waals surface area contributed by atoms with E-state index in [1.807, 2.05) is 52.1 Å². The molecule has 0 aliphatic heterocycles. The SMILES string of the molecule is Cc1cc(C)c2c(OCC(=O)Nc3cc(Br)ccc3C)nn(C)c2n1. The normalized spacial score (nSPS) is 10.9. The number of carbonyl (C=O) groups is 1. The number of benzene rings is 1. The van der Waals surface area contributed by atoms with Crippen molar-refractivity contribution in [1.29, 1.82) is 0 Å². The lowest BCUT2D eigenvalue weighted by Gasteiger charge is -2.09. The largest absolute Gasteiger partial charge is 0.466 e. The van der Waals surface area contributed by atoms with Gasteiger partial charge < -0.3 is 10.1 Å². The van der Waals surface area contributed by atoms with E-state index >= 15 is 0 Å². The second kappa shape index (κ2) is 6.84.